The Hall–Kier alpha value is -1.61. The van der Waals surface area contributed by atoms with E-state index in [4.69, 9.17) is 4.84 Å². The summed E-state index contributed by atoms with van der Waals surface area (Å²) in [7, 11) is 1.60. The topological polar surface area (TPSA) is 34.1 Å². The van der Waals surface area contributed by atoms with Crippen LogP contribution in [0.3, 0.4) is 0 Å². The van der Waals surface area contributed by atoms with E-state index in [1.165, 1.54) is 0 Å². The van der Waals surface area contributed by atoms with Crippen LogP contribution in [0.25, 0.3) is 6.08 Å². The van der Waals surface area contributed by atoms with Gasteiger partial charge in [-0.25, -0.2) is 0 Å². The minimum absolute atomic E-state index is 0.967. The lowest BCUT2D eigenvalue weighted by atomic mass is 10.1. The molecule has 1 heterocycles. The summed E-state index contributed by atoms with van der Waals surface area (Å²) < 4.78 is 0. The molecule has 0 aromatic carbocycles. The molecule has 80 valence electrons. The van der Waals surface area contributed by atoms with E-state index < -0.39 is 0 Å². The van der Waals surface area contributed by atoms with Gasteiger partial charge in [0.1, 0.15) is 0 Å². The van der Waals surface area contributed by atoms with Crippen molar-refractivity contribution in [1.82, 2.24) is 10.5 Å². The molecule has 1 aromatic rings. The fraction of sp³-hybridized carbons (Fsp3) is 0.250. The van der Waals surface area contributed by atoms with Crippen LogP contribution < -0.4 is 5.48 Å². The molecule has 0 bridgehead atoms. The first-order valence-electron chi connectivity index (χ1n) is 4.82. The summed E-state index contributed by atoms with van der Waals surface area (Å²) in [6.45, 7) is 3.99. The Morgan fingerprint density at radius 3 is 2.60 bits per heavy atom. The fourth-order valence-electron chi connectivity index (χ4n) is 1.26. The SMILES string of the molecule is CC=C(NOC)C(C)=Cc1ccncc1. The third-order valence-electron chi connectivity index (χ3n) is 2.01. The van der Waals surface area contributed by atoms with Gasteiger partial charge in [-0.15, -0.1) is 0 Å². The van der Waals surface area contributed by atoms with Crippen molar-refractivity contribution in [1.29, 1.82) is 0 Å². The van der Waals surface area contributed by atoms with Crippen molar-refractivity contribution in [3.05, 3.63) is 47.4 Å². The largest absolute Gasteiger partial charge is 0.279 e. The molecule has 0 atom stereocenters. The quantitative estimate of drug-likeness (QED) is 0.604. The maximum absolute atomic E-state index is 4.88. The average molecular weight is 204 g/mol. The lowest BCUT2D eigenvalue weighted by Gasteiger charge is -2.08. The maximum atomic E-state index is 4.88. The summed E-state index contributed by atoms with van der Waals surface area (Å²) in [6, 6.07) is 3.92. The van der Waals surface area contributed by atoms with Crippen LogP contribution in [-0.2, 0) is 4.84 Å². The Balaban J connectivity index is 2.83. The molecule has 0 unspecified atom stereocenters. The molecule has 0 aliphatic heterocycles. The van der Waals surface area contributed by atoms with Crippen molar-refractivity contribution in [2.24, 2.45) is 0 Å². The highest BCUT2D eigenvalue weighted by molar-refractivity contribution is 5.56. The molecule has 15 heavy (non-hydrogen) atoms. The molecule has 0 amide bonds. The highest BCUT2D eigenvalue weighted by Gasteiger charge is 1.97. The highest BCUT2D eigenvalue weighted by atomic mass is 16.6. The third kappa shape index (κ3) is 3.56. The van der Waals surface area contributed by atoms with Crippen LogP contribution in [0.5, 0.6) is 0 Å². The normalized spacial score (nSPS) is 12.7. The van der Waals surface area contributed by atoms with Crippen molar-refractivity contribution in [3.63, 3.8) is 0 Å². The van der Waals surface area contributed by atoms with E-state index in [9.17, 15) is 0 Å². The van der Waals surface area contributed by atoms with Gasteiger partial charge in [0, 0.05) is 12.4 Å². The second-order valence-electron chi connectivity index (χ2n) is 3.12. The van der Waals surface area contributed by atoms with Gasteiger partial charge in [0.15, 0.2) is 0 Å². The minimum atomic E-state index is 0.967. The van der Waals surface area contributed by atoms with Crippen LogP contribution in [0, 0.1) is 0 Å². The van der Waals surface area contributed by atoms with E-state index in [1.54, 1.807) is 19.5 Å². The molecule has 0 aliphatic rings. The Morgan fingerprint density at radius 2 is 2.07 bits per heavy atom. The second-order valence-corrected chi connectivity index (χ2v) is 3.12. The Bertz CT molecular complexity index is 355. The zero-order chi connectivity index (χ0) is 11.1. The molecule has 1 aromatic heterocycles. The van der Waals surface area contributed by atoms with Gasteiger partial charge in [-0.05, 0) is 43.2 Å². The number of aromatic nitrogens is 1. The monoisotopic (exact) mass is 204 g/mol. The van der Waals surface area contributed by atoms with Gasteiger partial charge in [-0.2, -0.15) is 0 Å². The van der Waals surface area contributed by atoms with Crippen LogP contribution in [0.2, 0.25) is 0 Å². The molecule has 3 heteroatoms. The van der Waals surface area contributed by atoms with Crippen LogP contribution in [0.4, 0.5) is 0 Å². The summed E-state index contributed by atoms with van der Waals surface area (Å²) in [4.78, 5) is 8.85. The molecule has 1 rings (SSSR count). The number of nitrogens with one attached hydrogen (secondary N) is 1. The van der Waals surface area contributed by atoms with Crippen molar-refractivity contribution in [3.8, 4) is 0 Å². The van der Waals surface area contributed by atoms with Crippen molar-refractivity contribution in [2.45, 2.75) is 13.8 Å². The van der Waals surface area contributed by atoms with Crippen molar-refractivity contribution >= 4 is 6.08 Å². The first-order chi connectivity index (χ1) is 7.27. The molecule has 0 spiro atoms. The smallest absolute Gasteiger partial charge is 0.0636 e. The van der Waals surface area contributed by atoms with Gasteiger partial charge in [-0.1, -0.05) is 6.08 Å². The van der Waals surface area contributed by atoms with Crippen molar-refractivity contribution in [2.75, 3.05) is 7.11 Å². The van der Waals surface area contributed by atoms with E-state index in [1.807, 2.05) is 32.1 Å². The summed E-state index contributed by atoms with van der Waals surface area (Å²) in [5.41, 5.74) is 6.04. The third-order valence-corrected chi connectivity index (χ3v) is 2.01. The lowest BCUT2D eigenvalue weighted by molar-refractivity contribution is 0.120. The molecular weight excluding hydrogens is 188 g/mol. The van der Waals surface area contributed by atoms with Gasteiger partial charge in [0.05, 0.1) is 12.8 Å². The molecule has 0 fully saturated rings. The maximum Gasteiger partial charge on any atom is 0.0636 e. The van der Waals surface area contributed by atoms with Crippen LogP contribution in [0.1, 0.15) is 19.4 Å². The summed E-state index contributed by atoms with van der Waals surface area (Å²) in [5, 5.41) is 0. The summed E-state index contributed by atoms with van der Waals surface area (Å²) in [6.07, 6.45) is 7.59. The number of rotatable bonds is 4. The van der Waals surface area contributed by atoms with Gasteiger partial charge < -0.3 is 0 Å². The predicted octanol–water partition coefficient (Wildman–Crippen LogP) is 2.54. The average Bonchev–Trinajstić information content (AvgIpc) is 2.27. The number of hydrogen-bond acceptors (Lipinski definition) is 3. The van der Waals surface area contributed by atoms with Crippen molar-refractivity contribution < 1.29 is 4.84 Å². The highest BCUT2D eigenvalue weighted by Crippen LogP contribution is 2.11. The van der Waals surface area contributed by atoms with Gasteiger partial charge in [0.25, 0.3) is 0 Å². The number of nitrogens with zero attached hydrogens (tertiary/aromatic N) is 1. The lowest BCUT2D eigenvalue weighted by Crippen LogP contribution is -2.11. The standard InChI is InChI=1S/C12H16N2O/c1-4-12(14-15-3)10(2)9-11-5-7-13-8-6-11/h4-9,14H,1-3H3. The Labute approximate surface area is 90.4 Å². The first-order valence-corrected chi connectivity index (χ1v) is 4.82. The molecule has 1 N–H and O–H groups in total. The second kappa shape index (κ2) is 5.98. The fourth-order valence-corrected chi connectivity index (χ4v) is 1.26. The van der Waals surface area contributed by atoms with Crippen LogP contribution >= 0.6 is 0 Å². The molecule has 3 nitrogen and oxygen atoms in total. The zero-order valence-electron chi connectivity index (χ0n) is 9.32. The molecule has 0 radical (unpaired) electrons. The number of pyridine rings is 1. The summed E-state index contributed by atoms with van der Waals surface area (Å²) in [5.74, 6) is 0. The van der Waals surface area contributed by atoms with E-state index in [0.717, 1.165) is 16.8 Å². The van der Waals surface area contributed by atoms with Crippen LogP contribution in [-0.4, -0.2) is 12.1 Å². The number of hydroxylamine groups is 1. The minimum Gasteiger partial charge on any atom is -0.279 e. The summed E-state index contributed by atoms with van der Waals surface area (Å²) >= 11 is 0. The van der Waals surface area contributed by atoms with Gasteiger partial charge in [0.2, 0.25) is 0 Å². The first kappa shape index (κ1) is 11.5. The predicted molar refractivity (Wildman–Crippen MR) is 61.8 cm³/mol. The molecule has 0 aliphatic carbocycles. The van der Waals surface area contributed by atoms with E-state index in [-0.39, 0.29) is 0 Å². The Morgan fingerprint density at radius 1 is 1.40 bits per heavy atom. The van der Waals surface area contributed by atoms with Crippen LogP contribution in [0.15, 0.2) is 41.9 Å². The molecular formula is C12H16N2O. The zero-order valence-corrected chi connectivity index (χ0v) is 9.32. The van der Waals surface area contributed by atoms with E-state index in [0.29, 0.717) is 0 Å². The Kier molecular flexibility index (Phi) is 4.57. The number of hydrogen-bond donors (Lipinski definition) is 1. The number of allylic oxidation sites excluding steroid dienone is 2. The molecule has 0 saturated carbocycles. The van der Waals surface area contributed by atoms with Gasteiger partial charge in [-0.3, -0.25) is 15.3 Å². The molecule has 0 saturated heterocycles. The van der Waals surface area contributed by atoms with E-state index in [2.05, 4.69) is 16.5 Å². The van der Waals surface area contributed by atoms with E-state index >= 15 is 0 Å². The van der Waals surface area contributed by atoms with Gasteiger partial charge >= 0.3 is 0 Å².